The predicted octanol–water partition coefficient (Wildman–Crippen LogP) is 1.56. The van der Waals surface area contributed by atoms with Gasteiger partial charge in [-0.1, -0.05) is 19.1 Å². The smallest absolute Gasteiger partial charge is 0.337 e. The van der Waals surface area contributed by atoms with Crippen molar-refractivity contribution in [3.63, 3.8) is 0 Å². The molecule has 0 aliphatic rings. The van der Waals surface area contributed by atoms with Gasteiger partial charge in [0.1, 0.15) is 6.10 Å². The fraction of sp³-hybridized carbons (Fsp3) is 0.417. The molecule has 0 aliphatic carbocycles. The molecule has 0 bridgehead atoms. The quantitative estimate of drug-likeness (QED) is 0.488. The Kier molecular flexibility index (Phi) is 4.79. The number of nitro groups is 1. The Balaban J connectivity index is 2.90. The van der Waals surface area contributed by atoms with Crippen molar-refractivity contribution in [2.75, 3.05) is 7.11 Å². The molecule has 0 aromatic heterocycles. The topological polar surface area (TPSA) is 89.7 Å². The zero-order valence-electron chi connectivity index (χ0n) is 10.2. The van der Waals surface area contributed by atoms with Crippen LogP contribution in [0, 0.1) is 10.1 Å². The van der Waals surface area contributed by atoms with Gasteiger partial charge in [-0.05, 0) is 17.7 Å². The van der Waals surface area contributed by atoms with E-state index < -0.39 is 23.0 Å². The minimum atomic E-state index is -1.18. The summed E-state index contributed by atoms with van der Waals surface area (Å²) in [7, 11) is 1.27. The summed E-state index contributed by atoms with van der Waals surface area (Å²) < 4.78 is 4.53. The molecule has 2 atom stereocenters. The van der Waals surface area contributed by atoms with Crippen LogP contribution in [-0.4, -0.2) is 29.2 Å². The van der Waals surface area contributed by atoms with Crippen LogP contribution in [0.5, 0.6) is 0 Å². The maximum atomic E-state index is 11.2. The van der Waals surface area contributed by atoms with Crippen LogP contribution in [-0.2, 0) is 4.74 Å². The summed E-state index contributed by atoms with van der Waals surface area (Å²) >= 11 is 0. The van der Waals surface area contributed by atoms with Gasteiger partial charge in [0, 0.05) is 11.3 Å². The lowest BCUT2D eigenvalue weighted by molar-refractivity contribution is -0.536. The first-order chi connectivity index (χ1) is 8.51. The van der Waals surface area contributed by atoms with Crippen molar-refractivity contribution in [1.29, 1.82) is 0 Å². The molecule has 1 N–H and O–H groups in total. The third kappa shape index (κ3) is 3.04. The molecule has 0 amide bonds. The summed E-state index contributed by atoms with van der Waals surface area (Å²) in [4.78, 5) is 21.4. The Morgan fingerprint density at radius 3 is 2.39 bits per heavy atom. The Hall–Kier alpha value is -1.95. The molecule has 0 unspecified atom stereocenters. The zero-order valence-corrected chi connectivity index (χ0v) is 10.2. The van der Waals surface area contributed by atoms with Crippen LogP contribution in [0.15, 0.2) is 24.3 Å². The monoisotopic (exact) mass is 253 g/mol. The Bertz CT molecular complexity index is 429. The van der Waals surface area contributed by atoms with Crippen LogP contribution >= 0.6 is 0 Å². The highest BCUT2D eigenvalue weighted by Crippen LogP contribution is 2.21. The van der Waals surface area contributed by atoms with Gasteiger partial charge in [-0.25, -0.2) is 4.79 Å². The van der Waals surface area contributed by atoms with E-state index in [1.54, 1.807) is 6.92 Å². The van der Waals surface area contributed by atoms with E-state index in [0.717, 1.165) is 0 Å². The van der Waals surface area contributed by atoms with E-state index in [1.165, 1.54) is 31.4 Å². The van der Waals surface area contributed by atoms with Crippen LogP contribution in [0.3, 0.4) is 0 Å². The van der Waals surface area contributed by atoms with Crippen molar-refractivity contribution in [3.05, 3.63) is 45.5 Å². The first kappa shape index (κ1) is 14.1. The average molecular weight is 253 g/mol. The van der Waals surface area contributed by atoms with Crippen LogP contribution in [0.4, 0.5) is 0 Å². The van der Waals surface area contributed by atoms with Crippen LogP contribution in [0.2, 0.25) is 0 Å². The number of esters is 1. The lowest BCUT2D eigenvalue weighted by Crippen LogP contribution is -2.26. The maximum absolute atomic E-state index is 11.2. The van der Waals surface area contributed by atoms with E-state index in [9.17, 15) is 20.0 Å². The van der Waals surface area contributed by atoms with Crippen molar-refractivity contribution in [1.82, 2.24) is 0 Å². The van der Waals surface area contributed by atoms with Crippen LogP contribution in [0.1, 0.15) is 35.4 Å². The molecule has 0 fully saturated rings. The Morgan fingerprint density at radius 2 is 2.00 bits per heavy atom. The largest absolute Gasteiger partial charge is 0.465 e. The summed E-state index contributed by atoms with van der Waals surface area (Å²) in [6.07, 6.45) is -0.955. The molecule has 98 valence electrons. The molecule has 0 saturated heterocycles. The molecule has 1 aromatic rings. The van der Waals surface area contributed by atoms with Gasteiger partial charge in [0.25, 0.3) is 0 Å². The Morgan fingerprint density at radius 1 is 1.44 bits per heavy atom. The average Bonchev–Trinajstić information content (AvgIpc) is 2.38. The molecule has 1 aromatic carbocycles. The van der Waals surface area contributed by atoms with E-state index in [2.05, 4.69) is 4.74 Å². The molecule has 1 rings (SSSR count). The zero-order chi connectivity index (χ0) is 13.7. The molecule has 6 heteroatoms. The number of aliphatic hydroxyl groups is 1. The van der Waals surface area contributed by atoms with E-state index in [1.807, 2.05) is 0 Å². The maximum Gasteiger partial charge on any atom is 0.337 e. The third-order valence-corrected chi connectivity index (χ3v) is 2.73. The van der Waals surface area contributed by atoms with Gasteiger partial charge in [0.2, 0.25) is 6.04 Å². The number of carbonyl (C=O) groups is 1. The van der Waals surface area contributed by atoms with Crippen molar-refractivity contribution >= 4 is 5.97 Å². The van der Waals surface area contributed by atoms with Crippen LogP contribution in [0.25, 0.3) is 0 Å². The molecular formula is C12H15NO5. The SMILES string of the molecule is CC[C@@H]([C@H](O)c1ccc(C(=O)OC)cc1)[N+](=O)[O-]. The van der Waals surface area contributed by atoms with E-state index >= 15 is 0 Å². The van der Waals surface area contributed by atoms with Crippen molar-refractivity contribution in [2.24, 2.45) is 0 Å². The van der Waals surface area contributed by atoms with E-state index in [0.29, 0.717) is 11.1 Å². The Labute approximate surface area is 104 Å². The minimum absolute atomic E-state index is 0.229. The number of hydrogen-bond acceptors (Lipinski definition) is 5. The number of benzene rings is 1. The van der Waals surface area contributed by atoms with Gasteiger partial charge in [-0.15, -0.1) is 0 Å². The van der Waals surface area contributed by atoms with E-state index in [-0.39, 0.29) is 6.42 Å². The number of ether oxygens (including phenoxy) is 1. The highest BCUT2D eigenvalue weighted by atomic mass is 16.6. The molecule has 6 nitrogen and oxygen atoms in total. The summed E-state index contributed by atoms with van der Waals surface area (Å²) in [5, 5.41) is 20.6. The number of rotatable bonds is 5. The summed E-state index contributed by atoms with van der Waals surface area (Å²) in [6, 6.07) is 4.87. The highest BCUT2D eigenvalue weighted by Gasteiger charge is 2.29. The fourth-order valence-corrected chi connectivity index (χ4v) is 1.64. The number of methoxy groups -OCH3 is 1. The molecule has 0 spiro atoms. The standard InChI is InChI=1S/C12H15NO5/c1-3-10(13(16)17)11(14)8-4-6-9(7-5-8)12(15)18-2/h4-7,10-11,14H,3H2,1-2H3/t10-,11+/m0/s1. The minimum Gasteiger partial charge on any atom is -0.465 e. The van der Waals surface area contributed by atoms with Crippen molar-refractivity contribution in [2.45, 2.75) is 25.5 Å². The molecular weight excluding hydrogens is 238 g/mol. The second kappa shape index (κ2) is 6.11. The molecule has 0 saturated carbocycles. The second-order valence-corrected chi connectivity index (χ2v) is 3.82. The number of carbonyl (C=O) groups excluding carboxylic acids is 1. The summed E-state index contributed by atoms with van der Waals surface area (Å²) in [5.74, 6) is -0.489. The number of nitrogens with zero attached hydrogens (tertiary/aromatic N) is 1. The van der Waals surface area contributed by atoms with E-state index in [4.69, 9.17) is 0 Å². The third-order valence-electron chi connectivity index (χ3n) is 2.73. The van der Waals surface area contributed by atoms with Gasteiger partial charge in [0.05, 0.1) is 12.7 Å². The van der Waals surface area contributed by atoms with Crippen molar-refractivity contribution in [3.8, 4) is 0 Å². The van der Waals surface area contributed by atoms with Gasteiger partial charge >= 0.3 is 5.97 Å². The normalized spacial score (nSPS) is 13.7. The first-order valence-corrected chi connectivity index (χ1v) is 5.51. The number of hydrogen-bond donors (Lipinski definition) is 1. The summed E-state index contributed by atoms with van der Waals surface area (Å²) in [5.41, 5.74) is 0.744. The van der Waals surface area contributed by atoms with Gasteiger partial charge < -0.3 is 9.84 Å². The number of aliphatic hydroxyl groups excluding tert-OH is 1. The second-order valence-electron chi connectivity index (χ2n) is 3.82. The van der Waals surface area contributed by atoms with Crippen LogP contribution < -0.4 is 0 Å². The van der Waals surface area contributed by atoms with Crippen molar-refractivity contribution < 1.29 is 19.6 Å². The molecule has 18 heavy (non-hydrogen) atoms. The predicted molar refractivity (Wildman–Crippen MR) is 63.8 cm³/mol. The first-order valence-electron chi connectivity index (χ1n) is 5.51. The van der Waals surface area contributed by atoms with Gasteiger partial charge in [-0.2, -0.15) is 0 Å². The molecule has 0 aliphatic heterocycles. The molecule has 0 radical (unpaired) electrons. The fourth-order valence-electron chi connectivity index (χ4n) is 1.64. The lowest BCUT2D eigenvalue weighted by atomic mass is 10.00. The highest BCUT2D eigenvalue weighted by molar-refractivity contribution is 5.89. The molecule has 0 heterocycles. The van der Waals surface area contributed by atoms with Gasteiger partial charge in [0.15, 0.2) is 0 Å². The summed E-state index contributed by atoms with van der Waals surface area (Å²) in [6.45, 7) is 1.64. The van der Waals surface area contributed by atoms with Gasteiger partial charge in [-0.3, -0.25) is 10.1 Å². The lowest BCUT2D eigenvalue weighted by Gasteiger charge is -2.15.